The Morgan fingerprint density at radius 3 is 2.82 bits per heavy atom. The van der Waals surface area contributed by atoms with Crippen molar-refractivity contribution in [3.05, 3.63) is 29.9 Å². The monoisotopic (exact) mass is 235 g/mol. The Bertz CT molecular complexity index is 488. The van der Waals surface area contributed by atoms with E-state index in [0.29, 0.717) is 24.2 Å². The zero-order chi connectivity index (χ0) is 12.4. The smallest absolute Gasteiger partial charge is 0.226 e. The third-order valence-electron chi connectivity index (χ3n) is 2.64. The van der Waals surface area contributed by atoms with Gasteiger partial charge in [-0.3, -0.25) is 0 Å². The van der Waals surface area contributed by atoms with E-state index in [9.17, 15) is 0 Å². The van der Waals surface area contributed by atoms with Crippen LogP contribution in [0.4, 0.5) is 0 Å². The summed E-state index contributed by atoms with van der Waals surface area (Å²) in [6.07, 6.45) is 4.22. The highest BCUT2D eigenvalue weighted by atomic mass is 16.5. The average molecular weight is 235 g/mol. The van der Waals surface area contributed by atoms with E-state index in [-0.39, 0.29) is 0 Å². The van der Waals surface area contributed by atoms with Crippen molar-refractivity contribution in [3.8, 4) is 0 Å². The highest BCUT2D eigenvalue weighted by Gasteiger charge is 2.20. The highest BCUT2D eigenvalue weighted by Crippen LogP contribution is 2.19. The zero-order valence-corrected chi connectivity index (χ0v) is 10.3. The summed E-state index contributed by atoms with van der Waals surface area (Å²) >= 11 is 0. The van der Waals surface area contributed by atoms with Gasteiger partial charge in [-0.1, -0.05) is 12.1 Å². The molecule has 1 atom stereocenters. The molecule has 2 aromatic heterocycles. The van der Waals surface area contributed by atoms with Gasteiger partial charge in [0.1, 0.15) is 6.04 Å². The molecule has 0 radical (unpaired) electrons. The predicted molar refractivity (Wildman–Crippen MR) is 62.3 cm³/mol. The van der Waals surface area contributed by atoms with Crippen molar-refractivity contribution in [2.75, 3.05) is 0 Å². The second kappa shape index (κ2) is 4.67. The van der Waals surface area contributed by atoms with Crippen LogP contribution in [-0.2, 0) is 6.42 Å². The molecule has 0 aliphatic rings. The van der Waals surface area contributed by atoms with Gasteiger partial charge in [0.25, 0.3) is 0 Å². The first-order valence-electron chi connectivity index (χ1n) is 5.73. The van der Waals surface area contributed by atoms with E-state index in [1.54, 1.807) is 12.5 Å². The summed E-state index contributed by atoms with van der Waals surface area (Å²) in [6, 6.07) is -0.0972. The molecule has 0 aliphatic heterocycles. The number of rotatable bonds is 4. The van der Waals surface area contributed by atoms with E-state index in [4.69, 9.17) is 10.3 Å². The quantitative estimate of drug-likeness (QED) is 0.867. The number of nitrogens with zero attached hydrogens (tertiary/aromatic N) is 4. The van der Waals surface area contributed by atoms with Crippen LogP contribution in [-0.4, -0.2) is 19.7 Å². The Balaban J connectivity index is 2.30. The van der Waals surface area contributed by atoms with Crippen molar-refractivity contribution in [3.63, 3.8) is 0 Å². The number of hydrogen-bond donors (Lipinski definition) is 1. The molecule has 2 heterocycles. The van der Waals surface area contributed by atoms with E-state index in [1.807, 2.05) is 11.5 Å². The first kappa shape index (κ1) is 11.8. The van der Waals surface area contributed by atoms with E-state index >= 15 is 0 Å². The summed E-state index contributed by atoms with van der Waals surface area (Å²) in [6.45, 7) is 6.11. The lowest BCUT2D eigenvalue weighted by molar-refractivity contribution is 0.374. The minimum Gasteiger partial charge on any atom is -0.339 e. The molecule has 0 aromatic carbocycles. The molecule has 0 fully saturated rings. The molecule has 0 saturated heterocycles. The molecule has 0 bridgehead atoms. The molecular formula is C11H17N5O. The van der Waals surface area contributed by atoms with Gasteiger partial charge in [-0.25, -0.2) is 4.98 Å². The lowest BCUT2D eigenvalue weighted by Crippen LogP contribution is -2.18. The van der Waals surface area contributed by atoms with Gasteiger partial charge >= 0.3 is 0 Å². The van der Waals surface area contributed by atoms with Crippen LogP contribution in [0.1, 0.15) is 50.3 Å². The third-order valence-corrected chi connectivity index (χ3v) is 2.64. The first-order valence-corrected chi connectivity index (χ1v) is 5.73. The van der Waals surface area contributed by atoms with Crippen LogP contribution < -0.4 is 5.73 Å². The minimum atomic E-state index is -0.399. The molecule has 0 amide bonds. The molecule has 2 rings (SSSR count). The van der Waals surface area contributed by atoms with Gasteiger partial charge in [0.2, 0.25) is 5.89 Å². The number of hydrogen-bond acceptors (Lipinski definition) is 5. The van der Waals surface area contributed by atoms with Crippen molar-refractivity contribution in [2.24, 2.45) is 5.73 Å². The first-order chi connectivity index (χ1) is 8.13. The second-order valence-corrected chi connectivity index (χ2v) is 4.20. The molecule has 0 spiro atoms. The van der Waals surface area contributed by atoms with Gasteiger partial charge in [-0.15, -0.1) is 0 Å². The van der Waals surface area contributed by atoms with E-state index in [0.717, 1.165) is 5.69 Å². The summed E-state index contributed by atoms with van der Waals surface area (Å²) in [5, 5.41) is 3.89. The van der Waals surface area contributed by atoms with Crippen LogP contribution in [0.5, 0.6) is 0 Å². The van der Waals surface area contributed by atoms with Gasteiger partial charge in [0.15, 0.2) is 5.82 Å². The summed E-state index contributed by atoms with van der Waals surface area (Å²) in [4.78, 5) is 8.35. The van der Waals surface area contributed by atoms with Crippen molar-refractivity contribution in [1.29, 1.82) is 0 Å². The number of aryl methyl sites for hydroxylation is 1. The number of aromatic nitrogens is 4. The number of imidazole rings is 1. The normalized spacial score (nSPS) is 13.2. The summed E-state index contributed by atoms with van der Waals surface area (Å²) in [5.41, 5.74) is 7.01. The average Bonchev–Trinajstić information content (AvgIpc) is 2.97. The minimum absolute atomic E-state index is 0.302. The highest BCUT2D eigenvalue weighted by molar-refractivity contribution is 5.14. The summed E-state index contributed by atoms with van der Waals surface area (Å²) in [5.74, 6) is 1.11. The molecule has 17 heavy (non-hydrogen) atoms. The molecule has 2 N–H and O–H groups in total. The third kappa shape index (κ3) is 2.21. The maximum Gasteiger partial charge on any atom is 0.226 e. The van der Waals surface area contributed by atoms with Crippen LogP contribution >= 0.6 is 0 Å². The van der Waals surface area contributed by atoms with Crippen molar-refractivity contribution in [1.82, 2.24) is 19.7 Å². The molecule has 6 heteroatoms. The molecule has 0 saturated carbocycles. The Kier molecular flexibility index (Phi) is 3.23. The molecule has 92 valence electrons. The van der Waals surface area contributed by atoms with Crippen molar-refractivity contribution in [2.45, 2.75) is 39.3 Å². The van der Waals surface area contributed by atoms with E-state index in [2.05, 4.69) is 29.0 Å². The van der Waals surface area contributed by atoms with Crippen LogP contribution in [0.3, 0.4) is 0 Å². The molecule has 0 aliphatic carbocycles. The standard InChI is InChI=1S/C11H17N5O/c1-4-9-14-11(15-17-9)10(12)8-5-13-6-16(8)7(2)3/h5-7,10H,4,12H2,1-3H3. The molecular weight excluding hydrogens is 218 g/mol. The van der Waals surface area contributed by atoms with Crippen LogP contribution in [0.2, 0.25) is 0 Å². The SMILES string of the molecule is CCc1nc(C(N)c2cncn2C(C)C)no1. The summed E-state index contributed by atoms with van der Waals surface area (Å²) in [7, 11) is 0. The van der Waals surface area contributed by atoms with Crippen LogP contribution in [0, 0.1) is 0 Å². The van der Waals surface area contributed by atoms with Gasteiger partial charge in [0, 0.05) is 12.5 Å². The fourth-order valence-corrected chi connectivity index (χ4v) is 1.66. The lowest BCUT2D eigenvalue weighted by Gasteiger charge is -2.14. The zero-order valence-electron chi connectivity index (χ0n) is 10.3. The Morgan fingerprint density at radius 2 is 2.24 bits per heavy atom. The fourth-order valence-electron chi connectivity index (χ4n) is 1.66. The van der Waals surface area contributed by atoms with E-state index in [1.165, 1.54) is 0 Å². The molecule has 2 aromatic rings. The Hall–Kier alpha value is -1.69. The maximum absolute atomic E-state index is 6.12. The number of nitrogens with two attached hydrogens (primary N) is 1. The topological polar surface area (TPSA) is 82.8 Å². The van der Waals surface area contributed by atoms with Crippen LogP contribution in [0.15, 0.2) is 17.0 Å². The lowest BCUT2D eigenvalue weighted by atomic mass is 10.2. The Labute approximate surface area is 99.8 Å². The van der Waals surface area contributed by atoms with Gasteiger partial charge in [-0.05, 0) is 13.8 Å². The predicted octanol–water partition coefficient (Wildman–Crippen LogP) is 1.46. The Morgan fingerprint density at radius 1 is 1.47 bits per heavy atom. The van der Waals surface area contributed by atoms with Gasteiger partial charge in [-0.2, -0.15) is 4.98 Å². The molecule has 1 unspecified atom stereocenters. The maximum atomic E-state index is 6.12. The van der Waals surface area contributed by atoms with Crippen LogP contribution in [0.25, 0.3) is 0 Å². The van der Waals surface area contributed by atoms with Crippen molar-refractivity contribution < 1.29 is 4.52 Å². The second-order valence-electron chi connectivity index (χ2n) is 4.20. The van der Waals surface area contributed by atoms with Gasteiger partial charge in [0.05, 0.1) is 18.2 Å². The fraction of sp³-hybridized carbons (Fsp3) is 0.545. The largest absolute Gasteiger partial charge is 0.339 e. The summed E-state index contributed by atoms with van der Waals surface area (Å²) < 4.78 is 7.07. The molecule has 6 nitrogen and oxygen atoms in total. The van der Waals surface area contributed by atoms with Gasteiger partial charge < -0.3 is 14.8 Å². The van der Waals surface area contributed by atoms with E-state index < -0.39 is 6.04 Å². The van der Waals surface area contributed by atoms with Crippen molar-refractivity contribution >= 4 is 0 Å².